The highest BCUT2D eigenvalue weighted by atomic mass is 35.5. The summed E-state index contributed by atoms with van der Waals surface area (Å²) >= 11 is 6.07. The molecule has 1 aliphatic carbocycles. The van der Waals surface area contributed by atoms with Crippen molar-refractivity contribution in [2.75, 3.05) is 7.11 Å². The van der Waals surface area contributed by atoms with Gasteiger partial charge in [0.25, 0.3) is 0 Å². The molecule has 1 N–H and O–H groups in total. The first-order valence-corrected chi connectivity index (χ1v) is 9.55. The quantitative estimate of drug-likeness (QED) is 0.573. The van der Waals surface area contributed by atoms with Crippen LogP contribution < -0.4 is 0 Å². The number of aliphatic hydroxyl groups is 1. The van der Waals surface area contributed by atoms with Gasteiger partial charge in [-0.2, -0.15) is 0 Å². The van der Waals surface area contributed by atoms with E-state index in [1.807, 2.05) is 30.3 Å². The number of ether oxygens (including phenoxy) is 1. The molecule has 1 fully saturated rings. The predicted octanol–water partition coefficient (Wildman–Crippen LogP) is 5.52. The lowest BCUT2D eigenvalue weighted by Crippen LogP contribution is -2.09. The van der Waals surface area contributed by atoms with Crippen LogP contribution >= 0.6 is 11.6 Å². The third kappa shape index (κ3) is 4.38. The molecule has 1 aromatic heterocycles. The zero-order valence-corrected chi connectivity index (χ0v) is 15.9. The van der Waals surface area contributed by atoms with Crippen molar-refractivity contribution in [1.29, 1.82) is 0 Å². The Balaban J connectivity index is 1.48. The summed E-state index contributed by atoms with van der Waals surface area (Å²) in [6, 6.07) is 18.4. The minimum Gasteiger partial charge on any atom is -0.368 e. The number of hydrogen-bond acceptors (Lipinski definition) is 3. The molecule has 0 saturated heterocycles. The second kappa shape index (κ2) is 7.81. The van der Waals surface area contributed by atoms with E-state index in [1.54, 1.807) is 7.11 Å². The summed E-state index contributed by atoms with van der Waals surface area (Å²) < 4.78 is 4.96. The van der Waals surface area contributed by atoms with Gasteiger partial charge in [-0.05, 0) is 53.7 Å². The van der Waals surface area contributed by atoms with Gasteiger partial charge in [-0.15, -0.1) is 0 Å². The molecule has 3 atom stereocenters. The third-order valence-electron chi connectivity index (χ3n) is 5.16. The fraction of sp³-hybridized carbons (Fsp3) is 0.261. The maximum absolute atomic E-state index is 9.64. The van der Waals surface area contributed by atoms with Crippen LogP contribution in [0.15, 0.2) is 54.6 Å². The van der Waals surface area contributed by atoms with Crippen LogP contribution in [0.4, 0.5) is 0 Å². The highest BCUT2D eigenvalue weighted by Gasteiger charge is 2.39. The Kier molecular flexibility index (Phi) is 5.26. The summed E-state index contributed by atoms with van der Waals surface area (Å²) in [5.41, 5.74) is 4.28. The molecule has 0 amide bonds. The van der Waals surface area contributed by atoms with Gasteiger partial charge in [0.05, 0.1) is 11.2 Å². The molecule has 3 aromatic rings. The van der Waals surface area contributed by atoms with Gasteiger partial charge >= 0.3 is 0 Å². The zero-order valence-electron chi connectivity index (χ0n) is 15.2. The molecule has 2 aromatic carbocycles. The first-order valence-electron chi connectivity index (χ1n) is 9.17. The maximum Gasteiger partial charge on any atom is 0.154 e. The minimum atomic E-state index is -0.657. The number of aromatic nitrogens is 1. The number of halogens is 1. The average Bonchev–Trinajstić information content (AvgIpc) is 3.45. The second-order valence-electron chi connectivity index (χ2n) is 7.10. The van der Waals surface area contributed by atoms with E-state index in [0.717, 1.165) is 28.6 Å². The zero-order chi connectivity index (χ0) is 18.8. The summed E-state index contributed by atoms with van der Waals surface area (Å²) in [7, 11) is 1.54. The van der Waals surface area contributed by atoms with E-state index >= 15 is 0 Å². The third-order valence-corrected chi connectivity index (χ3v) is 5.40. The van der Waals surface area contributed by atoms with Crippen LogP contribution in [0.5, 0.6) is 0 Å². The van der Waals surface area contributed by atoms with Gasteiger partial charge in [-0.25, -0.2) is 4.98 Å². The molecular formula is C23H22ClNO2. The van der Waals surface area contributed by atoms with Crippen molar-refractivity contribution in [1.82, 2.24) is 4.98 Å². The normalized spacial score (nSPS) is 20.3. The second-order valence-corrected chi connectivity index (χ2v) is 7.54. The molecule has 3 unspecified atom stereocenters. The molecule has 4 rings (SSSR count). The van der Waals surface area contributed by atoms with Crippen molar-refractivity contribution >= 4 is 34.7 Å². The van der Waals surface area contributed by atoms with Crippen LogP contribution in [-0.2, 0) is 4.74 Å². The van der Waals surface area contributed by atoms with Crippen LogP contribution in [0.2, 0.25) is 5.02 Å². The summed E-state index contributed by atoms with van der Waals surface area (Å²) in [6.07, 6.45) is 5.27. The molecule has 0 radical (unpaired) electrons. The van der Waals surface area contributed by atoms with E-state index in [-0.39, 0.29) is 0 Å². The van der Waals surface area contributed by atoms with E-state index in [1.165, 1.54) is 5.56 Å². The monoisotopic (exact) mass is 379 g/mol. The molecule has 4 heteroatoms. The number of benzene rings is 2. The standard InChI is InChI=1S/C23H22ClNO2/c1-27-23(26)13-18-12-21(18)17-4-2-3-15(11-17)5-9-20-10-7-16-6-8-19(24)14-22(16)25-20/h2-11,14,18,21,23,26H,12-13H2,1H3. The molecule has 27 heavy (non-hydrogen) atoms. The molecule has 1 aliphatic rings. The average molecular weight is 380 g/mol. The number of rotatable bonds is 6. The summed E-state index contributed by atoms with van der Waals surface area (Å²) in [5, 5.41) is 11.4. The van der Waals surface area contributed by atoms with Crippen LogP contribution in [0.1, 0.15) is 35.6 Å². The number of nitrogens with zero attached hydrogens (tertiary/aromatic N) is 1. The SMILES string of the molecule is COC(O)CC1CC1c1cccc(C=Cc2ccc3ccc(Cl)cc3n2)c1. The fourth-order valence-corrected chi connectivity index (χ4v) is 3.71. The molecule has 0 spiro atoms. The van der Waals surface area contributed by atoms with E-state index in [9.17, 15) is 5.11 Å². The van der Waals surface area contributed by atoms with Crippen molar-refractivity contribution in [3.05, 3.63) is 76.4 Å². The minimum absolute atomic E-state index is 0.506. The molecule has 0 bridgehead atoms. The molecule has 3 nitrogen and oxygen atoms in total. The van der Waals surface area contributed by atoms with Gasteiger partial charge < -0.3 is 9.84 Å². The van der Waals surface area contributed by atoms with Crippen molar-refractivity contribution < 1.29 is 9.84 Å². The van der Waals surface area contributed by atoms with E-state index < -0.39 is 6.29 Å². The lowest BCUT2D eigenvalue weighted by molar-refractivity contribution is -0.0816. The lowest BCUT2D eigenvalue weighted by Gasteiger charge is -2.07. The van der Waals surface area contributed by atoms with Gasteiger partial charge in [-0.1, -0.05) is 54.1 Å². The fourth-order valence-electron chi connectivity index (χ4n) is 3.55. The topological polar surface area (TPSA) is 42.4 Å². The highest BCUT2D eigenvalue weighted by molar-refractivity contribution is 6.31. The number of methoxy groups -OCH3 is 1. The largest absolute Gasteiger partial charge is 0.368 e. The Morgan fingerprint density at radius 3 is 2.89 bits per heavy atom. The van der Waals surface area contributed by atoms with E-state index in [4.69, 9.17) is 16.3 Å². The first-order chi connectivity index (χ1) is 13.1. The maximum atomic E-state index is 9.64. The summed E-state index contributed by atoms with van der Waals surface area (Å²) in [6.45, 7) is 0. The number of fused-ring (bicyclic) bond motifs is 1. The van der Waals surface area contributed by atoms with Crippen LogP contribution in [0.25, 0.3) is 23.1 Å². The smallest absolute Gasteiger partial charge is 0.154 e. The number of pyridine rings is 1. The van der Waals surface area contributed by atoms with Gasteiger partial charge in [-0.3, -0.25) is 0 Å². The van der Waals surface area contributed by atoms with Gasteiger partial charge in [0.1, 0.15) is 0 Å². The number of hydrogen-bond donors (Lipinski definition) is 1. The molecule has 1 heterocycles. The van der Waals surface area contributed by atoms with Gasteiger partial charge in [0.2, 0.25) is 0 Å². The summed E-state index contributed by atoms with van der Waals surface area (Å²) in [4.78, 5) is 4.66. The van der Waals surface area contributed by atoms with Crippen molar-refractivity contribution in [2.45, 2.75) is 25.0 Å². The summed E-state index contributed by atoms with van der Waals surface area (Å²) in [5.74, 6) is 1.02. The predicted molar refractivity (Wildman–Crippen MR) is 111 cm³/mol. The molecule has 0 aliphatic heterocycles. The Hall–Kier alpha value is -2.20. The highest BCUT2D eigenvalue weighted by Crippen LogP contribution is 2.50. The Morgan fingerprint density at radius 2 is 2.04 bits per heavy atom. The first kappa shape index (κ1) is 18.2. The van der Waals surface area contributed by atoms with Crippen molar-refractivity contribution in [3.63, 3.8) is 0 Å². The molecule has 1 saturated carbocycles. The molecule has 138 valence electrons. The van der Waals surface area contributed by atoms with Gasteiger partial charge in [0.15, 0.2) is 6.29 Å². The van der Waals surface area contributed by atoms with Crippen LogP contribution in [0, 0.1) is 5.92 Å². The van der Waals surface area contributed by atoms with Crippen molar-refractivity contribution in [3.8, 4) is 0 Å². The van der Waals surface area contributed by atoms with Crippen LogP contribution in [-0.4, -0.2) is 23.5 Å². The lowest BCUT2D eigenvalue weighted by atomic mass is 10.0. The van der Waals surface area contributed by atoms with Crippen molar-refractivity contribution in [2.24, 2.45) is 5.92 Å². The Bertz CT molecular complexity index is 985. The van der Waals surface area contributed by atoms with Crippen LogP contribution in [0.3, 0.4) is 0 Å². The van der Waals surface area contributed by atoms with Gasteiger partial charge in [0, 0.05) is 23.9 Å². The Labute approximate surface area is 164 Å². The Morgan fingerprint density at radius 1 is 1.19 bits per heavy atom. The van der Waals surface area contributed by atoms with E-state index in [0.29, 0.717) is 23.3 Å². The van der Waals surface area contributed by atoms with E-state index in [2.05, 4.69) is 41.4 Å². The number of aliphatic hydroxyl groups excluding tert-OH is 1. The molecular weight excluding hydrogens is 358 g/mol.